The van der Waals surface area contributed by atoms with E-state index in [0.717, 1.165) is 65.8 Å². The Morgan fingerprint density at radius 3 is 1.91 bits per heavy atom. The predicted octanol–water partition coefficient (Wildman–Crippen LogP) is 8.20. The molecule has 1 saturated carbocycles. The van der Waals surface area contributed by atoms with Crippen molar-refractivity contribution in [3.63, 3.8) is 0 Å². The Labute approximate surface area is 278 Å². The number of piperidine rings is 1. The van der Waals surface area contributed by atoms with Crippen LogP contribution in [-0.2, 0) is 16.6 Å². The molecule has 2 fully saturated rings. The van der Waals surface area contributed by atoms with Gasteiger partial charge in [0.15, 0.2) is 0 Å². The van der Waals surface area contributed by atoms with Crippen molar-refractivity contribution in [3.05, 3.63) is 129 Å². The van der Waals surface area contributed by atoms with E-state index in [1.807, 2.05) is 24.3 Å². The lowest BCUT2D eigenvalue weighted by Gasteiger charge is -2.32. The van der Waals surface area contributed by atoms with E-state index in [-0.39, 0.29) is 16.4 Å². The van der Waals surface area contributed by atoms with Crippen LogP contribution < -0.4 is 0 Å². The Kier molecular flexibility index (Phi) is 8.40. The van der Waals surface area contributed by atoms with Gasteiger partial charge in [-0.3, -0.25) is 0 Å². The number of aromatic nitrogens is 2. The van der Waals surface area contributed by atoms with E-state index in [1.165, 1.54) is 28.6 Å². The summed E-state index contributed by atoms with van der Waals surface area (Å²) >= 11 is 12.5. The van der Waals surface area contributed by atoms with Crippen molar-refractivity contribution >= 4 is 50.2 Å². The van der Waals surface area contributed by atoms with E-state index < -0.39 is 16.0 Å². The van der Waals surface area contributed by atoms with Crippen LogP contribution in [0.1, 0.15) is 70.4 Å². The summed E-state index contributed by atoms with van der Waals surface area (Å²) in [6.07, 6.45) is 3.72. The number of hydrogen-bond acceptors (Lipinski definition) is 4. The lowest BCUT2D eigenvalue weighted by Crippen LogP contribution is -2.39. The molecular weight excluding hydrogens is 641 g/mol. The highest BCUT2D eigenvalue weighted by atomic mass is 35.5. The highest BCUT2D eigenvalue weighted by molar-refractivity contribution is 7.89. The van der Waals surface area contributed by atoms with Gasteiger partial charge in [0, 0.05) is 41.5 Å². The van der Waals surface area contributed by atoms with Crippen LogP contribution >= 0.6 is 23.2 Å². The molecule has 0 bridgehead atoms. The molecule has 0 unspecified atom stereocenters. The van der Waals surface area contributed by atoms with E-state index in [2.05, 4.69) is 47.0 Å². The van der Waals surface area contributed by atoms with Crippen molar-refractivity contribution in [1.82, 2.24) is 13.9 Å². The van der Waals surface area contributed by atoms with Crippen molar-refractivity contribution in [1.29, 1.82) is 0 Å². The summed E-state index contributed by atoms with van der Waals surface area (Å²) in [5.41, 5.74) is 5.54. The monoisotopic (exact) mass is 673 g/mol. The zero-order chi connectivity index (χ0) is 32.0. The Balaban J connectivity index is 1.17. The Morgan fingerprint density at radius 2 is 1.37 bits per heavy atom. The average molecular weight is 675 g/mol. The van der Waals surface area contributed by atoms with E-state index in [1.54, 1.807) is 0 Å². The average Bonchev–Trinajstić information content (AvgIpc) is 3.85. The number of benzene rings is 4. The number of hydrogen-bond donors (Lipinski definition) is 1. The van der Waals surface area contributed by atoms with Crippen LogP contribution in [-0.4, -0.2) is 46.4 Å². The van der Waals surface area contributed by atoms with Crippen molar-refractivity contribution in [2.24, 2.45) is 5.92 Å². The van der Waals surface area contributed by atoms with E-state index in [4.69, 9.17) is 28.2 Å². The molecular formula is C36H33Cl2N3O4S. The summed E-state index contributed by atoms with van der Waals surface area (Å²) in [5, 5.41) is 10.6. The van der Waals surface area contributed by atoms with Gasteiger partial charge >= 0.3 is 5.97 Å². The molecule has 2 aliphatic rings. The van der Waals surface area contributed by atoms with Gasteiger partial charge in [0.1, 0.15) is 5.82 Å². The molecule has 1 aromatic heterocycles. The highest BCUT2D eigenvalue weighted by Crippen LogP contribution is 2.42. The van der Waals surface area contributed by atoms with Gasteiger partial charge in [-0.15, -0.1) is 0 Å². The number of carboxylic acids is 1. The Morgan fingerprint density at radius 1 is 0.804 bits per heavy atom. The van der Waals surface area contributed by atoms with Crippen LogP contribution in [0.15, 0.2) is 95.9 Å². The number of imidazole rings is 1. The van der Waals surface area contributed by atoms with Gasteiger partial charge < -0.3 is 9.67 Å². The first-order chi connectivity index (χ1) is 22.2. The van der Waals surface area contributed by atoms with Crippen LogP contribution in [0, 0.1) is 5.92 Å². The number of carbonyl (C=O) groups is 1. The van der Waals surface area contributed by atoms with Crippen molar-refractivity contribution < 1.29 is 18.3 Å². The molecule has 1 saturated heterocycles. The van der Waals surface area contributed by atoms with Crippen LogP contribution in [0.4, 0.5) is 0 Å². The maximum atomic E-state index is 13.3. The van der Waals surface area contributed by atoms with Crippen molar-refractivity contribution in [2.45, 2.75) is 49.0 Å². The fraction of sp³-hybridized carbons (Fsp3) is 0.278. The van der Waals surface area contributed by atoms with E-state index >= 15 is 0 Å². The molecule has 0 atom stereocenters. The minimum absolute atomic E-state index is 0.0235. The number of sulfonamides is 1. The molecule has 7 rings (SSSR count). The lowest BCUT2D eigenvalue weighted by atomic mass is 9.85. The predicted molar refractivity (Wildman–Crippen MR) is 180 cm³/mol. The number of aromatic carboxylic acids is 1. The SMILES string of the molecule is O=C(O)c1ccc(S(=O)(=O)N2CCC(Cn3c(C4CC4)nc4ccc(C(c5ccc(Cl)cc5)c5ccc(Cl)cc5)cc43)CC2)cc1. The largest absolute Gasteiger partial charge is 0.478 e. The maximum Gasteiger partial charge on any atom is 0.335 e. The fourth-order valence-electron chi connectivity index (χ4n) is 6.58. The van der Waals surface area contributed by atoms with Crippen molar-refractivity contribution in [3.8, 4) is 0 Å². The molecule has 0 spiro atoms. The first-order valence-electron chi connectivity index (χ1n) is 15.5. The molecule has 2 heterocycles. The van der Waals surface area contributed by atoms with Gasteiger partial charge in [0.05, 0.1) is 21.5 Å². The second-order valence-electron chi connectivity index (χ2n) is 12.3. The molecule has 1 aliphatic heterocycles. The van der Waals surface area contributed by atoms with Gasteiger partial charge in [0.2, 0.25) is 10.0 Å². The molecule has 1 N–H and O–H groups in total. The van der Waals surface area contributed by atoms with E-state index in [0.29, 0.717) is 35.0 Å². The molecule has 1 aliphatic carbocycles. The molecule has 7 nitrogen and oxygen atoms in total. The van der Waals surface area contributed by atoms with Crippen LogP contribution in [0.3, 0.4) is 0 Å². The number of halogens is 2. The third-order valence-electron chi connectivity index (χ3n) is 9.24. The van der Waals surface area contributed by atoms with Gasteiger partial charge in [-0.25, -0.2) is 18.2 Å². The number of nitrogens with zero attached hydrogens (tertiary/aromatic N) is 3. The molecule has 5 aromatic rings. The lowest BCUT2D eigenvalue weighted by molar-refractivity contribution is 0.0696. The second kappa shape index (κ2) is 12.5. The molecule has 4 aromatic carbocycles. The standard InChI is InChI=1S/C36H33Cl2N3O4S/c37-29-10-3-24(4-11-29)34(25-5-12-30(38)13-6-25)28-9-16-32-33(21-28)41(35(39-32)26-1-2-26)22-23-17-19-40(20-18-23)46(44,45)31-14-7-27(8-15-31)36(42)43/h3-16,21,23,26,34H,1-2,17-20,22H2,(H,42,43). The fourth-order valence-corrected chi connectivity index (χ4v) is 8.30. The molecule has 46 heavy (non-hydrogen) atoms. The molecule has 0 radical (unpaired) electrons. The number of carboxylic acid groups (broad SMARTS) is 1. The van der Waals surface area contributed by atoms with Crippen LogP contribution in [0.2, 0.25) is 10.0 Å². The summed E-state index contributed by atoms with van der Waals surface area (Å²) in [4.78, 5) is 16.4. The smallest absolute Gasteiger partial charge is 0.335 e. The summed E-state index contributed by atoms with van der Waals surface area (Å²) in [6.45, 7) is 1.61. The quantitative estimate of drug-likeness (QED) is 0.159. The minimum Gasteiger partial charge on any atom is -0.478 e. The summed E-state index contributed by atoms with van der Waals surface area (Å²) in [5.74, 6) is 0.760. The third-order valence-corrected chi connectivity index (χ3v) is 11.7. The van der Waals surface area contributed by atoms with Gasteiger partial charge in [-0.1, -0.05) is 53.5 Å². The Bertz CT molecular complexity index is 1950. The number of fused-ring (bicyclic) bond motifs is 1. The topological polar surface area (TPSA) is 92.5 Å². The highest BCUT2D eigenvalue weighted by Gasteiger charge is 2.33. The molecule has 10 heteroatoms. The second-order valence-corrected chi connectivity index (χ2v) is 15.1. The summed E-state index contributed by atoms with van der Waals surface area (Å²) < 4.78 is 30.6. The maximum absolute atomic E-state index is 13.3. The first-order valence-corrected chi connectivity index (χ1v) is 17.7. The third kappa shape index (κ3) is 6.19. The minimum atomic E-state index is -3.70. The summed E-state index contributed by atoms with van der Waals surface area (Å²) in [7, 11) is -3.70. The normalized spacial score (nSPS) is 16.3. The number of rotatable bonds is 9. The van der Waals surface area contributed by atoms with E-state index in [9.17, 15) is 18.3 Å². The molecule has 236 valence electrons. The van der Waals surface area contributed by atoms with Crippen LogP contribution in [0.25, 0.3) is 11.0 Å². The van der Waals surface area contributed by atoms with Crippen LogP contribution in [0.5, 0.6) is 0 Å². The van der Waals surface area contributed by atoms with Gasteiger partial charge in [0.25, 0.3) is 0 Å². The van der Waals surface area contributed by atoms with Gasteiger partial charge in [-0.05, 0) is 109 Å². The zero-order valence-corrected chi connectivity index (χ0v) is 27.3. The van der Waals surface area contributed by atoms with Crippen molar-refractivity contribution in [2.75, 3.05) is 13.1 Å². The zero-order valence-electron chi connectivity index (χ0n) is 25.0. The molecule has 0 amide bonds. The Hall–Kier alpha value is -3.69. The first kappa shape index (κ1) is 30.9. The van der Waals surface area contributed by atoms with Gasteiger partial charge in [-0.2, -0.15) is 4.31 Å². The summed E-state index contributed by atoms with van der Waals surface area (Å²) in [6, 6.07) is 28.0.